The van der Waals surface area contributed by atoms with Crippen molar-refractivity contribution in [2.24, 2.45) is 0 Å². The molecule has 0 N–H and O–H groups in total. The zero-order chi connectivity index (χ0) is 8.81. The molecule has 0 saturated carbocycles. The Balaban J connectivity index is 2.37. The summed E-state index contributed by atoms with van der Waals surface area (Å²) in [5.41, 5.74) is 0. The van der Waals surface area contributed by atoms with E-state index in [-0.39, 0.29) is 12.1 Å². The van der Waals surface area contributed by atoms with E-state index in [2.05, 4.69) is 22.6 Å². The van der Waals surface area contributed by atoms with Crippen LogP contribution in [0.3, 0.4) is 0 Å². The number of carbonyl (C=O) groups excluding carboxylic acids is 1. The average molecular weight is 284 g/mol. The molecule has 0 spiro atoms. The van der Waals surface area contributed by atoms with Crippen molar-refractivity contribution in [2.45, 2.75) is 25.4 Å². The monoisotopic (exact) mass is 284 g/mol. The molecule has 4 heteroatoms. The number of esters is 1. The molecular formula is C8H13IO3. The third-order valence-corrected chi connectivity index (χ3v) is 2.71. The number of carbonyl (C=O) groups is 1. The third-order valence-electron chi connectivity index (χ3n) is 1.72. The van der Waals surface area contributed by atoms with E-state index in [1.54, 1.807) is 0 Å². The van der Waals surface area contributed by atoms with Crippen LogP contribution >= 0.6 is 22.6 Å². The van der Waals surface area contributed by atoms with Crippen LogP contribution in [0, 0.1) is 0 Å². The molecule has 0 aromatic carbocycles. The van der Waals surface area contributed by atoms with Crippen molar-refractivity contribution in [3.63, 3.8) is 0 Å². The fourth-order valence-corrected chi connectivity index (χ4v) is 1.67. The summed E-state index contributed by atoms with van der Waals surface area (Å²) >= 11 is 2.23. The highest BCUT2D eigenvalue weighted by Crippen LogP contribution is 2.08. The molecule has 1 atom stereocenters. The summed E-state index contributed by atoms with van der Waals surface area (Å²) < 4.78 is 11.3. The van der Waals surface area contributed by atoms with E-state index in [4.69, 9.17) is 9.47 Å². The summed E-state index contributed by atoms with van der Waals surface area (Å²) in [6.45, 7) is 1.39. The van der Waals surface area contributed by atoms with Gasteiger partial charge in [0.05, 0.1) is 6.61 Å². The Labute approximate surface area is 85.9 Å². The van der Waals surface area contributed by atoms with Crippen molar-refractivity contribution in [2.75, 3.05) is 17.6 Å². The van der Waals surface area contributed by atoms with Gasteiger partial charge in [0, 0.05) is 23.9 Å². The molecule has 0 aliphatic carbocycles. The molecule has 1 fully saturated rings. The van der Waals surface area contributed by atoms with Crippen LogP contribution < -0.4 is 0 Å². The fraction of sp³-hybridized carbons (Fsp3) is 0.875. The Morgan fingerprint density at radius 3 is 3.08 bits per heavy atom. The summed E-state index contributed by atoms with van der Waals surface area (Å²) in [6.07, 6.45) is 2.16. The van der Waals surface area contributed by atoms with Gasteiger partial charge in [-0.3, -0.25) is 4.79 Å². The predicted molar refractivity (Wildman–Crippen MR) is 53.4 cm³/mol. The summed E-state index contributed by atoms with van der Waals surface area (Å²) in [7, 11) is 0. The summed E-state index contributed by atoms with van der Waals surface area (Å²) in [4.78, 5) is 11.1. The van der Waals surface area contributed by atoms with Gasteiger partial charge in [0.15, 0.2) is 0 Å². The molecule has 1 saturated heterocycles. The molecule has 1 unspecified atom stereocenters. The van der Waals surface area contributed by atoms with Gasteiger partial charge in [-0.2, -0.15) is 0 Å². The van der Waals surface area contributed by atoms with E-state index >= 15 is 0 Å². The molecule has 0 radical (unpaired) electrons. The minimum Gasteiger partial charge on any atom is -0.461 e. The first-order valence-corrected chi connectivity index (χ1v) is 5.68. The zero-order valence-electron chi connectivity index (χ0n) is 6.92. The number of halogens is 1. The molecule has 1 aliphatic rings. The molecule has 1 heterocycles. The van der Waals surface area contributed by atoms with Crippen LogP contribution in [0.15, 0.2) is 0 Å². The van der Waals surface area contributed by atoms with Gasteiger partial charge in [0.1, 0.15) is 6.10 Å². The lowest BCUT2D eigenvalue weighted by atomic mass is 10.3. The topological polar surface area (TPSA) is 35.5 Å². The number of ether oxygens (including phenoxy) is 2. The first-order chi connectivity index (χ1) is 5.83. The van der Waals surface area contributed by atoms with Gasteiger partial charge in [-0.15, -0.1) is 0 Å². The first-order valence-electron chi connectivity index (χ1n) is 4.16. The highest BCUT2D eigenvalue weighted by molar-refractivity contribution is 14.1. The van der Waals surface area contributed by atoms with E-state index in [1.165, 1.54) is 0 Å². The summed E-state index contributed by atoms with van der Waals surface area (Å²) in [5, 5.41) is 0. The molecular weight excluding hydrogens is 271 g/mol. The Kier molecular flexibility index (Phi) is 4.90. The normalized spacial score (nSPS) is 26.8. The van der Waals surface area contributed by atoms with Gasteiger partial charge in [0.25, 0.3) is 0 Å². The molecule has 12 heavy (non-hydrogen) atoms. The molecule has 0 aromatic heterocycles. The highest BCUT2D eigenvalue weighted by Gasteiger charge is 2.14. The Morgan fingerprint density at radius 2 is 2.33 bits per heavy atom. The summed E-state index contributed by atoms with van der Waals surface area (Å²) in [6, 6.07) is 0. The van der Waals surface area contributed by atoms with Gasteiger partial charge < -0.3 is 9.47 Å². The van der Waals surface area contributed by atoms with E-state index < -0.39 is 0 Å². The molecule has 1 rings (SSSR count). The molecule has 0 amide bonds. The maximum Gasteiger partial charge on any atom is 0.306 e. The van der Waals surface area contributed by atoms with Crippen LogP contribution in [0.5, 0.6) is 0 Å². The van der Waals surface area contributed by atoms with Crippen molar-refractivity contribution in [3.05, 3.63) is 0 Å². The Hall–Kier alpha value is 0.160. The van der Waals surface area contributed by atoms with E-state index in [9.17, 15) is 4.79 Å². The van der Waals surface area contributed by atoms with Crippen molar-refractivity contribution < 1.29 is 14.3 Å². The molecule has 70 valence electrons. The van der Waals surface area contributed by atoms with Crippen LogP contribution in [0.1, 0.15) is 19.3 Å². The van der Waals surface area contributed by atoms with E-state index in [1.807, 2.05) is 0 Å². The largest absolute Gasteiger partial charge is 0.461 e. The molecule has 1 aliphatic heterocycles. The second kappa shape index (κ2) is 5.75. The van der Waals surface area contributed by atoms with Crippen LogP contribution in [0.25, 0.3) is 0 Å². The number of rotatable bonds is 1. The minimum atomic E-state index is -0.0813. The lowest BCUT2D eigenvalue weighted by molar-refractivity contribution is -0.147. The van der Waals surface area contributed by atoms with E-state index in [0.717, 1.165) is 17.3 Å². The quantitative estimate of drug-likeness (QED) is 0.416. The van der Waals surface area contributed by atoms with Crippen molar-refractivity contribution in [1.29, 1.82) is 0 Å². The van der Waals surface area contributed by atoms with Crippen molar-refractivity contribution in [3.8, 4) is 0 Å². The van der Waals surface area contributed by atoms with Crippen LogP contribution in [-0.4, -0.2) is 29.7 Å². The van der Waals surface area contributed by atoms with Gasteiger partial charge in [-0.25, -0.2) is 0 Å². The van der Waals surface area contributed by atoms with Crippen LogP contribution in [0.4, 0.5) is 0 Å². The molecule has 0 aromatic rings. The van der Waals surface area contributed by atoms with Gasteiger partial charge in [-0.1, -0.05) is 22.6 Å². The SMILES string of the molecule is O=C1CCCOCCC(CI)O1. The lowest BCUT2D eigenvalue weighted by Crippen LogP contribution is -2.19. The first kappa shape index (κ1) is 10.2. The highest BCUT2D eigenvalue weighted by atomic mass is 127. The van der Waals surface area contributed by atoms with E-state index in [0.29, 0.717) is 19.6 Å². The average Bonchev–Trinajstić information content (AvgIpc) is 2.16. The van der Waals surface area contributed by atoms with Gasteiger partial charge in [-0.05, 0) is 6.42 Å². The molecule has 0 bridgehead atoms. The minimum absolute atomic E-state index is 0.0520. The summed E-state index contributed by atoms with van der Waals surface area (Å²) in [5.74, 6) is -0.0813. The van der Waals surface area contributed by atoms with Crippen molar-refractivity contribution in [1.82, 2.24) is 0 Å². The van der Waals surface area contributed by atoms with Crippen LogP contribution in [-0.2, 0) is 14.3 Å². The second-order valence-electron chi connectivity index (χ2n) is 2.77. The maximum absolute atomic E-state index is 11.1. The standard InChI is InChI=1S/C8H13IO3/c9-6-7-3-5-11-4-1-2-8(10)12-7/h7H,1-6H2. The smallest absolute Gasteiger partial charge is 0.306 e. The number of hydrogen-bond acceptors (Lipinski definition) is 3. The number of alkyl halides is 1. The Morgan fingerprint density at radius 1 is 1.50 bits per heavy atom. The number of cyclic esters (lactones) is 1. The van der Waals surface area contributed by atoms with Crippen LogP contribution in [0.2, 0.25) is 0 Å². The number of hydrogen-bond donors (Lipinski definition) is 0. The lowest BCUT2D eigenvalue weighted by Gasteiger charge is -2.12. The third kappa shape index (κ3) is 3.71. The fourth-order valence-electron chi connectivity index (χ4n) is 1.05. The zero-order valence-corrected chi connectivity index (χ0v) is 9.08. The van der Waals surface area contributed by atoms with Gasteiger partial charge in [0.2, 0.25) is 0 Å². The second-order valence-corrected chi connectivity index (χ2v) is 3.65. The maximum atomic E-state index is 11.1. The predicted octanol–water partition coefficient (Wildman–Crippen LogP) is 1.53. The van der Waals surface area contributed by atoms with Crippen molar-refractivity contribution >= 4 is 28.6 Å². The molecule has 3 nitrogen and oxygen atoms in total. The Bertz CT molecular complexity index is 149. The van der Waals surface area contributed by atoms with Gasteiger partial charge >= 0.3 is 5.97 Å².